The lowest BCUT2D eigenvalue weighted by atomic mass is 9.76. The molecule has 26 heavy (non-hydrogen) atoms. The number of nitrogens with zero attached hydrogens (tertiary/aromatic N) is 3. The number of halogens is 1. The van der Waals surface area contributed by atoms with Gasteiger partial charge in [0.1, 0.15) is 0 Å². The molecule has 1 spiro atoms. The summed E-state index contributed by atoms with van der Waals surface area (Å²) in [6.07, 6.45) is 7.11. The zero-order valence-electron chi connectivity index (χ0n) is 15.3. The predicted octanol–water partition coefficient (Wildman–Crippen LogP) is 2.41. The van der Waals surface area contributed by atoms with Crippen LogP contribution in [0.25, 0.3) is 0 Å². The molecule has 1 amide bonds. The number of piperidine rings is 1. The summed E-state index contributed by atoms with van der Waals surface area (Å²) in [6, 6.07) is 4.07. The lowest BCUT2D eigenvalue weighted by molar-refractivity contribution is -0.153. The van der Waals surface area contributed by atoms with Gasteiger partial charge in [-0.05, 0) is 43.7 Å². The Morgan fingerprint density at radius 2 is 2.04 bits per heavy atom. The molecular formula is C20H28FN3O2. The summed E-state index contributed by atoms with van der Waals surface area (Å²) in [7, 11) is 0. The molecule has 0 atom stereocenters. The first-order chi connectivity index (χ1) is 12.6. The molecule has 3 fully saturated rings. The Bertz CT molecular complexity index is 627. The third-order valence-electron chi connectivity index (χ3n) is 6.29. The summed E-state index contributed by atoms with van der Waals surface area (Å²) in [6.45, 7) is 5.51. The average molecular weight is 361 g/mol. The maximum atomic E-state index is 14.5. The van der Waals surface area contributed by atoms with Crippen LogP contribution >= 0.6 is 0 Å². The summed E-state index contributed by atoms with van der Waals surface area (Å²) in [5.74, 6) is -0.277. The van der Waals surface area contributed by atoms with Gasteiger partial charge in [0.2, 0.25) is 0 Å². The molecular weight excluding hydrogens is 333 g/mol. The van der Waals surface area contributed by atoms with Crippen LogP contribution in [0, 0.1) is 5.41 Å². The van der Waals surface area contributed by atoms with Gasteiger partial charge in [-0.1, -0.05) is 6.07 Å². The smallest absolute Gasteiger partial charge is 0.260 e. The molecule has 142 valence electrons. The Labute approximate surface area is 154 Å². The molecule has 5 nitrogen and oxygen atoms in total. The Kier molecular flexibility index (Phi) is 4.97. The second-order valence-corrected chi connectivity index (χ2v) is 8.24. The first-order valence-corrected chi connectivity index (χ1v) is 9.76. The minimum Gasteiger partial charge on any atom is -0.379 e. The lowest BCUT2D eigenvalue weighted by Crippen LogP contribution is -2.55. The molecule has 0 N–H and O–H groups in total. The topological polar surface area (TPSA) is 45.7 Å². The average Bonchev–Trinajstić information content (AvgIpc) is 2.83. The van der Waals surface area contributed by atoms with Crippen LogP contribution in [0.2, 0.25) is 0 Å². The van der Waals surface area contributed by atoms with Crippen molar-refractivity contribution >= 4 is 5.91 Å². The van der Waals surface area contributed by atoms with Gasteiger partial charge >= 0.3 is 0 Å². The highest BCUT2D eigenvalue weighted by Crippen LogP contribution is 2.40. The van der Waals surface area contributed by atoms with Crippen molar-refractivity contribution < 1.29 is 13.9 Å². The molecule has 1 aromatic rings. The molecule has 3 heterocycles. The van der Waals surface area contributed by atoms with Crippen molar-refractivity contribution in [3.63, 3.8) is 0 Å². The number of rotatable bonds is 3. The Morgan fingerprint density at radius 3 is 2.69 bits per heavy atom. The van der Waals surface area contributed by atoms with Crippen LogP contribution in [-0.2, 0) is 16.1 Å². The minimum atomic E-state index is -1.57. The van der Waals surface area contributed by atoms with Crippen molar-refractivity contribution in [2.75, 3.05) is 39.4 Å². The summed E-state index contributed by atoms with van der Waals surface area (Å²) in [4.78, 5) is 20.8. The summed E-state index contributed by atoms with van der Waals surface area (Å²) in [5, 5.41) is 0. The van der Waals surface area contributed by atoms with Gasteiger partial charge in [-0.2, -0.15) is 0 Å². The molecule has 3 aliphatic rings. The largest absolute Gasteiger partial charge is 0.379 e. The van der Waals surface area contributed by atoms with Crippen molar-refractivity contribution in [1.29, 1.82) is 0 Å². The number of carbonyl (C=O) groups is 1. The maximum absolute atomic E-state index is 14.5. The van der Waals surface area contributed by atoms with Crippen LogP contribution in [0.1, 0.15) is 37.7 Å². The fraction of sp³-hybridized carbons (Fsp3) is 0.700. The standard InChI is InChI=1S/C20H28FN3O2/c21-20(4-2-5-20)18(25)24-9-6-19(7-10-24)15-23(11-12-26-16-19)14-17-3-1-8-22-13-17/h1,3,8,13H,2,4-7,9-12,14-16H2. The summed E-state index contributed by atoms with van der Waals surface area (Å²) >= 11 is 0. The molecule has 1 aliphatic carbocycles. The second kappa shape index (κ2) is 7.24. The van der Waals surface area contributed by atoms with E-state index in [1.54, 1.807) is 11.1 Å². The van der Waals surface area contributed by atoms with Gasteiger partial charge in [-0.15, -0.1) is 0 Å². The number of pyridine rings is 1. The van der Waals surface area contributed by atoms with E-state index in [0.29, 0.717) is 25.9 Å². The molecule has 0 bridgehead atoms. The van der Waals surface area contributed by atoms with Crippen LogP contribution in [0.3, 0.4) is 0 Å². The minimum absolute atomic E-state index is 0.0680. The molecule has 1 saturated carbocycles. The number of aromatic nitrogens is 1. The van der Waals surface area contributed by atoms with E-state index in [1.807, 2.05) is 12.3 Å². The van der Waals surface area contributed by atoms with E-state index in [4.69, 9.17) is 4.74 Å². The van der Waals surface area contributed by atoms with E-state index < -0.39 is 5.67 Å². The monoisotopic (exact) mass is 361 g/mol. The van der Waals surface area contributed by atoms with Gasteiger partial charge in [-0.25, -0.2) is 4.39 Å². The molecule has 4 rings (SSSR count). The van der Waals surface area contributed by atoms with Gasteiger partial charge in [0.15, 0.2) is 5.67 Å². The zero-order chi connectivity index (χ0) is 18.0. The van der Waals surface area contributed by atoms with Crippen LogP contribution in [0.5, 0.6) is 0 Å². The van der Waals surface area contributed by atoms with E-state index in [0.717, 1.165) is 52.1 Å². The molecule has 0 radical (unpaired) electrons. The highest BCUT2D eigenvalue weighted by atomic mass is 19.1. The molecule has 0 aromatic carbocycles. The number of ether oxygens (including phenoxy) is 1. The fourth-order valence-corrected chi connectivity index (χ4v) is 4.44. The van der Waals surface area contributed by atoms with E-state index in [1.165, 1.54) is 5.56 Å². The van der Waals surface area contributed by atoms with Gasteiger partial charge in [-0.3, -0.25) is 14.7 Å². The molecule has 1 aromatic heterocycles. The first kappa shape index (κ1) is 17.9. The third kappa shape index (κ3) is 3.62. The van der Waals surface area contributed by atoms with Crippen LogP contribution in [0.15, 0.2) is 24.5 Å². The summed E-state index contributed by atoms with van der Waals surface area (Å²) in [5.41, 5.74) is -0.295. The molecule has 2 aliphatic heterocycles. The third-order valence-corrected chi connectivity index (χ3v) is 6.29. The van der Waals surface area contributed by atoms with Gasteiger partial charge in [0.05, 0.1) is 13.2 Å². The Balaban J connectivity index is 1.37. The normalized spacial score (nSPS) is 25.5. The quantitative estimate of drug-likeness (QED) is 0.829. The number of hydrogen-bond acceptors (Lipinski definition) is 4. The van der Waals surface area contributed by atoms with E-state index >= 15 is 0 Å². The number of likely N-dealkylation sites (tertiary alicyclic amines) is 1. The number of amides is 1. The van der Waals surface area contributed by atoms with Crippen LogP contribution in [-0.4, -0.2) is 65.8 Å². The van der Waals surface area contributed by atoms with Gasteiger partial charge < -0.3 is 9.64 Å². The lowest BCUT2D eigenvalue weighted by Gasteiger charge is -2.45. The Morgan fingerprint density at radius 1 is 1.23 bits per heavy atom. The first-order valence-electron chi connectivity index (χ1n) is 9.76. The van der Waals surface area contributed by atoms with Gasteiger partial charge in [0.25, 0.3) is 5.91 Å². The highest BCUT2D eigenvalue weighted by Gasteiger charge is 2.48. The van der Waals surface area contributed by atoms with Crippen molar-refractivity contribution in [3.8, 4) is 0 Å². The van der Waals surface area contributed by atoms with Crippen molar-refractivity contribution in [2.45, 2.75) is 44.3 Å². The predicted molar refractivity (Wildman–Crippen MR) is 96.3 cm³/mol. The van der Waals surface area contributed by atoms with Crippen LogP contribution in [0.4, 0.5) is 4.39 Å². The zero-order valence-corrected chi connectivity index (χ0v) is 15.3. The van der Waals surface area contributed by atoms with Gasteiger partial charge in [0, 0.05) is 50.5 Å². The van der Waals surface area contributed by atoms with Crippen LogP contribution < -0.4 is 0 Å². The van der Waals surface area contributed by atoms with E-state index in [-0.39, 0.29) is 11.3 Å². The second-order valence-electron chi connectivity index (χ2n) is 8.24. The van der Waals surface area contributed by atoms with E-state index in [9.17, 15) is 9.18 Å². The maximum Gasteiger partial charge on any atom is 0.260 e. The number of alkyl halides is 1. The molecule has 2 saturated heterocycles. The van der Waals surface area contributed by atoms with Crippen molar-refractivity contribution in [3.05, 3.63) is 30.1 Å². The number of hydrogen-bond donors (Lipinski definition) is 0. The SMILES string of the molecule is O=C(N1CCC2(CC1)COCCN(Cc1cccnc1)C2)C1(F)CCC1. The summed E-state index contributed by atoms with van der Waals surface area (Å²) < 4.78 is 20.4. The van der Waals surface area contributed by atoms with Crippen molar-refractivity contribution in [1.82, 2.24) is 14.8 Å². The fourth-order valence-electron chi connectivity index (χ4n) is 4.44. The molecule has 0 unspecified atom stereocenters. The number of carbonyl (C=O) groups excluding carboxylic acids is 1. The van der Waals surface area contributed by atoms with Crippen molar-refractivity contribution in [2.24, 2.45) is 5.41 Å². The highest BCUT2D eigenvalue weighted by molar-refractivity contribution is 5.86. The Hall–Kier alpha value is -1.53. The van der Waals surface area contributed by atoms with E-state index in [2.05, 4.69) is 16.0 Å². The molecule has 6 heteroatoms.